The van der Waals surface area contributed by atoms with Crippen LogP contribution in [0.2, 0.25) is 0 Å². The van der Waals surface area contributed by atoms with Crippen molar-refractivity contribution in [3.05, 3.63) is 77.7 Å². The molecule has 1 saturated heterocycles. The first-order chi connectivity index (χ1) is 16.5. The molecule has 0 radical (unpaired) electrons. The summed E-state index contributed by atoms with van der Waals surface area (Å²) in [5, 5.41) is 4.10. The molecule has 1 fully saturated rings. The Kier molecular flexibility index (Phi) is 6.17. The molecule has 1 N–H and O–H groups in total. The summed E-state index contributed by atoms with van der Waals surface area (Å²) in [6.45, 7) is 1.83. The van der Waals surface area contributed by atoms with Gasteiger partial charge < -0.3 is 19.7 Å². The molecular weight excluding hydrogens is 446 g/mol. The maximum Gasteiger partial charge on any atom is 0.261 e. The van der Waals surface area contributed by atoms with Crippen LogP contribution in [-0.4, -0.2) is 53.5 Å². The number of aromatic nitrogens is 2. The van der Waals surface area contributed by atoms with E-state index in [1.54, 1.807) is 6.20 Å². The lowest BCUT2D eigenvalue weighted by atomic mass is 10.1. The fourth-order valence-corrected chi connectivity index (χ4v) is 5.33. The average Bonchev–Trinajstić information content (AvgIpc) is 3.55. The molecule has 1 atom stereocenters. The van der Waals surface area contributed by atoms with E-state index in [2.05, 4.69) is 19.8 Å². The van der Waals surface area contributed by atoms with Crippen molar-refractivity contribution in [2.45, 2.75) is 13.0 Å². The van der Waals surface area contributed by atoms with Crippen molar-refractivity contribution in [1.82, 2.24) is 19.8 Å². The van der Waals surface area contributed by atoms with Gasteiger partial charge in [0.25, 0.3) is 5.91 Å². The minimum atomic E-state index is -0.0784. The number of fused-ring (bicyclic) bond motifs is 1. The molecule has 1 aliphatic rings. The lowest BCUT2D eigenvalue weighted by Crippen LogP contribution is -2.30. The van der Waals surface area contributed by atoms with E-state index in [4.69, 9.17) is 0 Å². The highest BCUT2D eigenvalue weighted by Crippen LogP contribution is 2.27. The van der Waals surface area contributed by atoms with Crippen LogP contribution >= 0.6 is 11.3 Å². The number of imidazole rings is 1. The third-order valence-corrected chi connectivity index (χ3v) is 7.14. The quantitative estimate of drug-likeness (QED) is 0.442. The van der Waals surface area contributed by atoms with E-state index in [1.165, 1.54) is 11.3 Å². The molecule has 3 heterocycles. The summed E-state index contributed by atoms with van der Waals surface area (Å²) in [6, 6.07) is 17.9. The number of anilines is 1. The highest BCUT2D eigenvalue weighted by atomic mass is 32.1. The first-order valence-electron chi connectivity index (χ1n) is 11.3. The van der Waals surface area contributed by atoms with Gasteiger partial charge in [0.05, 0.1) is 11.4 Å². The number of thiophene rings is 1. The summed E-state index contributed by atoms with van der Waals surface area (Å²) in [7, 11) is 4.03. The summed E-state index contributed by atoms with van der Waals surface area (Å²) >= 11 is 1.49. The van der Waals surface area contributed by atoms with E-state index in [1.807, 2.05) is 79.8 Å². The molecule has 2 amide bonds. The second-order valence-electron chi connectivity index (χ2n) is 8.90. The average molecular weight is 474 g/mol. The minimum absolute atomic E-state index is 0.0784. The molecule has 7 nitrogen and oxygen atoms in total. The first kappa shape index (κ1) is 22.3. The van der Waals surface area contributed by atoms with Crippen molar-refractivity contribution in [2.24, 2.45) is 5.92 Å². The Balaban J connectivity index is 1.21. The third-order valence-electron chi connectivity index (χ3n) is 6.02. The molecule has 34 heavy (non-hydrogen) atoms. The summed E-state index contributed by atoms with van der Waals surface area (Å²) in [4.78, 5) is 34.4. The van der Waals surface area contributed by atoms with E-state index in [-0.39, 0.29) is 17.7 Å². The summed E-state index contributed by atoms with van der Waals surface area (Å²) in [5.74, 6) is 1.06. The SMILES string of the molecule is CN(C)Cc1nccn1-c1ccc(N2CC(CNC(=O)c3cc4ccccc4s3)CC2=O)cc1. The number of nitrogens with zero attached hydrogens (tertiary/aromatic N) is 4. The molecule has 1 unspecified atom stereocenters. The van der Waals surface area contributed by atoms with Crippen molar-refractivity contribution in [3.8, 4) is 5.69 Å². The normalized spacial score (nSPS) is 16.0. The van der Waals surface area contributed by atoms with Crippen LogP contribution < -0.4 is 10.2 Å². The van der Waals surface area contributed by atoms with Crippen LogP contribution in [0.3, 0.4) is 0 Å². The number of hydrogen-bond donors (Lipinski definition) is 1. The Morgan fingerprint density at radius 1 is 1.15 bits per heavy atom. The standard InChI is InChI=1S/C26H27N5O2S/c1-29(2)17-24-27-11-12-30(24)20-7-9-21(10-8-20)31-16-18(13-25(31)32)15-28-26(33)23-14-19-5-3-4-6-22(19)34-23/h3-12,14,18H,13,15-17H2,1-2H3,(H,28,33). The molecule has 2 aromatic heterocycles. The van der Waals surface area contributed by atoms with Gasteiger partial charge in [-0.05, 0) is 55.9 Å². The van der Waals surface area contributed by atoms with Crippen molar-refractivity contribution in [2.75, 3.05) is 32.1 Å². The number of benzene rings is 2. The zero-order chi connectivity index (χ0) is 23.7. The van der Waals surface area contributed by atoms with Crippen LogP contribution in [-0.2, 0) is 11.3 Å². The third kappa shape index (κ3) is 4.60. The molecule has 5 rings (SSSR count). The van der Waals surface area contributed by atoms with Crippen molar-refractivity contribution in [3.63, 3.8) is 0 Å². The number of hydrogen-bond acceptors (Lipinski definition) is 5. The number of carbonyl (C=O) groups excluding carboxylic acids is 2. The smallest absolute Gasteiger partial charge is 0.261 e. The topological polar surface area (TPSA) is 70.5 Å². The zero-order valence-electron chi connectivity index (χ0n) is 19.3. The van der Waals surface area contributed by atoms with Crippen LogP contribution in [0.25, 0.3) is 15.8 Å². The molecule has 0 bridgehead atoms. The summed E-state index contributed by atoms with van der Waals surface area (Å²) in [6.07, 6.45) is 4.18. The predicted octanol–water partition coefficient (Wildman–Crippen LogP) is 3.93. The number of rotatable bonds is 7. The van der Waals surface area contributed by atoms with Crippen LogP contribution in [0.5, 0.6) is 0 Å². The van der Waals surface area contributed by atoms with E-state index in [9.17, 15) is 9.59 Å². The Bertz CT molecular complexity index is 1290. The molecular formula is C26H27N5O2S. The molecule has 0 aliphatic carbocycles. The Labute approximate surface area is 202 Å². The van der Waals surface area contributed by atoms with Gasteiger partial charge in [-0.1, -0.05) is 18.2 Å². The Hall–Kier alpha value is -3.49. The molecule has 0 spiro atoms. The second-order valence-corrected chi connectivity index (χ2v) is 9.98. The molecule has 0 saturated carbocycles. The first-order valence-corrected chi connectivity index (χ1v) is 12.1. The number of nitrogens with one attached hydrogen (secondary N) is 1. The van der Waals surface area contributed by atoms with Crippen LogP contribution in [0.4, 0.5) is 5.69 Å². The van der Waals surface area contributed by atoms with Gasteiger partial charge in [-0.15, -0.1) is 11.3 Å². The van der Waals surface area contributed by atoms with Crippen molar-refractivity contribution in [1.29, 1.82) is 0 Å². The minimum Gasteiger partial charge on any atom is -0.351 e. The monoisotopic (exact) mass is 473 g/mol. The zero-order valence-corrected chi connectivity index (χ0v) is 20.1. The fourth-order valence-electron chi connectivity index (χ4n) is 4.35. The molecule has 8 heteroatoms. The van der Waals surface area contributed by atoms with Gasteiger partial charge in [-0.25, -0.2) is 4.98 Å². The van der Waals surface area contributed by atoms with Crippen molar-refractivity contribution < 1.29 is 9.59 Å². The second kappa shape index (κ2) is 9.40. The number of amides is 2. The number of carbonyl (C=O) groups is 2. The predicted molar refractivity (Wildman–Crippen MR) is 136 cm³/mol. The molecule has 174 valence electrons. The van der Waals surface area contributed by atoms with Crippen LogP contribution in [0.15, 0.2) is 67.0 Å². The highest BCUT2D eigenvalue weighted by Gasteiger charge is 2.31. The van der Waals surface area contributed by atoms with E-state index in [0.29, 0.717) is 24.4 Å². The van der Waals surface area contributed by atoms with Gasteiger partial charge in [0, 0.05) is 53.9 Å². The van der Waals surface area contributed by atoms with E-state index < -0.39 is 0 Å². The lowest BCUT2D eigenvalue weighted by molar-refractivity contribution is -0.117. The lowest BCUT2D eigenvalue weighted by Gasteiger charge is -2.18. The van der Waals surface area contributed by atoms with Gasteiger partial charge >= 0.3 is 0 Å². The van der Waals surface area contributed by atoms with Gasteiger partial charge in [-0.3, -0.25) is 9.59 Å². The Morgan fingerprint density at radius 3 is 2.68 bits per heavy atom. The van der Waals surface area contributed by atoms with Crippen LogP contribution in [0.1, 0.15) is 21.9 Å². The van der Waals surface area contributed by atoms with Crippen LogP contribution in [0, 0.1) is 5.92 Å². The van der Waals surface area contributed by atoms with Gasteiger partial charge in [-0.2, -0.15) is 0 Å². The molecule has 2 aromatic carbocycles. The highest BCUT2D eigenvalue weighted by molar-refractivity contribution is 7.20. The van der Waals surface area contributed by atoms with Gasteiger partial charge in [0.1, 0.15) is 5.82 Å². The Morgan fingerprint density at radius 2 is 1.91 bits per heavy atom. The van der Waals surface area contributed by atoms with E-state index in [0.717, 1.165) is 33.8 Å². The maximum absolute atomic E-state index is 12.7. The van der Waals surface area contributed by atoms with Gasteiger partial charge in [0.2, 0.25) is 5.91 Å². The van der Waals surface area contributed by atoms with E-state index >= 15 is 0 Å². The largest absolute Gasteiger partial charge is 0.351 e. The summed E-state index contributed by atoms with van der Waals surface area (Å²) in [5.41, 5.74) is 1.89. The fraction of sp³-hybridized carbons (Fsp3) is 0.269. The summed E-state index contributed by atoms with van der Waals surface area (Å²) < 4.78 is 3.16. The van der Waals surface area contributed by atoms with Crippen molar-refractivity contribution >= 4 is 38.9 Å². The molecule has 4 aromatic rings. The van der Waals surface area contributed by atoms with Gasteiger partial charge in [0.15, 0.2) is 0 Å². The molecule has 1 aliphatic heterocycles. The maximum atomic E-state index is 12.7.